The van der Waals surface area contributed by atoms with E-state index in [1.54, 1.807) is 6.33 Å². The minimum absolute atomic E-state index is 0.435. The monoisotopic (exact) mass is 264 g/mol. The summed E-state index contributed by atoms with van der Waals surface area (Å²) >= 11 is 0. The number of nitrogens with one attached hydrogen (secondary N) is 2. The Hall–Kier alpha value is -1.32. The third-order valence-electron chi connectivity index (χ3n) is 3.48. The van der Waals surface area contributed by atoms with Crippen molar-refractivity contribution in [3.8, 4) is 0 Å². The maximum Gasteiger partial charge on any atom is 0.134 e. The van der Waals surface area contributed by atoms with Gasteiger partial charge in [0, 0.05) is 18.2 Å². The lowest BCUT2D eigenvalue weighted by molar-refractivity contribution is 0.483. The number of hydrogen-bond donors (Lipinski definition) is 2. The molecule has 0 aromatic carbocycles. The van der Waals surface area contributed by atoms with Crippen molar-refractivity contribution in [2.75, 3.05) is 17.2 Å². The fourth-order valence-corrected chi connectivity index (χ4v) is 2.25. The van der Waals surface area contributed by atoms with Crippen molar-refractivity contribution in [3.05, 3.63) is 11.9 Å². The van der Waals surface area contributed by atoms with Gasteiger partial charge in [-0.1, -0.05) is 27.2 Å². The molecule has 0 saturated heterocycles. The van der Waals surface area contributed by atoms with Gasteiger partial charge in [0.05, 0.1) is 0 Å². The third kappa shape index (κ3) is 4.69. The Kier molecular flexibility index (Phi) is 6.60. The van der Waals surface area contributed by atoms with Gasteiger partial charge in [0.15, 0.2) is 0 Å². The molecule has 0 spiro atoms. The van der Waals surface area contributed by atoms with E-state index in [-0.39, 0.29) is 0 Å². The van der Waals surface area contributed by atoms with Gasteiger partial charge in [-0.05, 0) is 32.6 Å². The van der Waals surface area contributed by atoms with Gasteiger partial charge in [-0.3, -0.25) is 0 Å². The van der Waals surface area contributed by atoms with Gasteiger partial charge in [0.2, 0.25) is 0 Å². The van der Waals surface area contributed by atoms with Gasteiger partial charge in [-0.25, -0.2) is 9.97 Å². The third-order valence-corrected chi connectivity index (χ3v) is 3.48. The summed E-state index contributed by atoms with van der Waals surface area (Å²) < 4.78 is 0. The Balaban J connectivity index is 2.79. The van der Waals surface area contributed by atoms with Crippen LogP contribution in [0.2, 0.25) is 0 Å². The molecule has 0 amide bonds. The molecule has 0 radical (unpaired) electrons. The lowest BCUT2D eigenvalue weighted by atomic mass is 10.0. The van der Waals surface area contributed by atoms with Crippen LogP contribution >= 0.6 is 0 Å². The predicted molar refractivity (Wildman–Crippen MR) is 82.7 cm³/mol. The van der Waals surface area contributed by atoms with E-state index >= 15 is 0 Å². The molecule has 0 fully saturated rings. The maximum atomic E-state index is 4.40. The van der Waals surface area contributed by atoms with E-state index in [2.05, 4.69) is 55.2 Å². The van der Waals surface area contributed by atoms with Crippen LogP contribution < -0.4 is 10.6 Å². The SMILES string of the molecule is CCNc1ncnc(NC(C)CC(C)CC)c1CC. The first kappa shape index (κ1) is 15.7. The second-order valence-electron chi connectivity index (χ2n) is 5.23. The summed E-state index contributed by atoms with van der Waals surface area (Å²) in [6, 6.07) is 0.435. The number of hydrogen-bond acceptors (Lipinski definition) is 4. The van der Waals surface area contributed by atoms with Gasteiger partial charge < -0.3 is 10.6 Å². The summed E-state index contributed by atoms with van der Waals surface area (Å²) in [5.74, 6) is 2.67. The Labute approximate surface area is 117 Å². The molecule has 108 valence electrons. The molecule has 1 rings (SSSR count). The van der Waals surface area contributed by atoms with E-state index in [4.69, 9.17) is 0 Å². The summed E-state index contributed by atoms with van der Waals surface area (Å²) in [7, 11) is 0. The standard InChI is InChI=1S/C15H28N4/c1-6-11(4)9-12(5)19-15-13(7-2)14(16-8-3)17-10-18-15/h10-12H,6-9H2,1-5H3,(H2,16,17,18,19). The highest BCUT2D eigenvalue weighted by Gasteiger charge is 2.13. The van der Waals surface area contributed by atoms with Crippen LogP contribution in [0.1, 0.15) is 53.0 Å². The number of rotatable bonds is 8. The zero-order valence-corrected chi connectivity index (χ0v) is 13.0. The summed E-state index contributed by atoms with van der Waals surface area (Å²) in [6.07, 6.45) is 4.95. The van der Waals surface area contributed by atoms with Gasteiger partial charge in [-0.2, -0.15) is 0 Å². The zero-order chi connectivity index (χ0) is 14.3. The van der Waals surface area contributed by atoms with Crippen LogP contribution in [0, 0.1) is 5.92 Å². The first-order chi connectivity index (χ1) is 9.12. The summed E-state index contributed by atoms with van der Waals surface area (Å²) in [5, 5.41) is 6.84. The van der Waals surface area contributed by atoms with Crippen molar-refractivity contribution in [2.24, 2.45) is 5.92 Å². The Morgan fingerprint density at radius 1 is 1.11 bits per heavy atom. The Morgan fingerprint density at radius 3 is 2.37 bits per heavy atom. The van der Waals surface area contributed by atoms with E-state index in [1.807, 2.05) is 0 Å². The fraction of sp³-hybridized carbons (Fsp3) is 0.733. The van der Waals surface area contributed by atoms with Gasteiger partial charge >= 0.3 is 0 Å². The number of nitrogens with zero attached hydrogens (tertiary/aromatic N) is 2. The molecule has 0 aliphatic carbocycles. The van der Waals surface area contributed by atoms with Crippen LogP contribution in [-0.2, 0) is 6.42 Å². The molecule has 1 aromatic heterocycles. The first-order valence-electron chi connectivity index (χ1n) is 7.46. The summed E-state index contributed by atoms with van der Waals surface area (Å²) in [5.41, 5.74) is 1.18. The van der Waals surface area contributed by atoms with Crippen molar-refractivity contribution >= 4 is 11.6 Å². The van der Waals surface area contributed by atoms with Crippen LogP contribution in [-0.4, -0.2) is 22.6 Å². The van der Waals surface area contributed by atoms with Crippen molar-refractivity contribution in [1.82, 2.24) is 9.97 Å². The first-order valence-corrected chi connectivity index (χ1v) is 7.46. The molecule has 0 saturated carbocycles. The second-order valence-corrected chi connectivity index (χ2v) is 5.23. The van der Waals surface area contributed by atoms with Crippen LogP contribution in [0.5, 0.6) is 0 Å². The quantitative estimate of drug-likeness (QED) is 0.751. The number of anilines is 2. The molecule has 0 aliphatic heterocycles. The minimum Gasteiger partial charge on any atom is -0.370 e. The molecule has 1 heterocycles. The van der Waals surface area contributed by atoms with Crippen molar-refractivity contribution < 1.29 is 0 Å². The zero-order valence-electron chi connectivity index (χ0n) is 13.0. The Morgan fingerprint density at radius 2 is 1.79 bits per heavy atom. The van der Waals surface area contributed by atoms with Crippen LogP contribution in [0.15, 0.2) is 6.33 Å². The topological polar surface area (TPSA) is 49.8 Å². The average molecular weight is 264 g/mol. The molecule has 2 atom stereocenters. The second kappa shape index (κ2) is 7.97. The van der Waals surface area contributed by atoms with Crippen molar-refractivity contribution in [2.45, 2.75) is 59.9 Å². The number of aromatic nitrogens is 2. The fourth-order valence-electron chi connectivity index (χ4n) is 2.25. The lowest BCUT2D eigenvalue weighted by Gasteiger charge is -2.20. The highest BCUT2D eigenvalue weighted by molar-refractivity contribution is 5.57. The normalized spacial score (nSPS) is 13.9. The predicted octanol–water partition coefficient (Wildman–Crippen LogP) is 3.71. The molecule has 2 N–H and O–H groups in total. The van der Waals surface area contributed by atoms with Crippen molar-refractivity contribution in [1.29, 1.82) is 0 Å². The molecule has 0 aliphatic rings. The lowest BCUT2D eigenvalue weighted by Crippen LogP contribution is -2.20. The largest absolute Gasteiger partial charge is 0.370 e. The minimum atomic E-state index is 0.435. The van der Waals surface area contributed by atoms with Gasteiger partial charge in [0.25, 0.3) is 0 Å². The summed E-state index contributed by atoms with van der Waals surface area (Å²) in [4.78, 5) is 8.73. The molecule has 4 nitrogen and oxygen atoms in total. The van der Waals surface area contributed by atoms with Crippen LogP contribution in [0.4, 0.5) is 11.6 Å². The molecule has 0 bridgehead atoms. The smallest absolute Gasteiger partial charge is 0.134 e. The van der Waals surface area contributed by atoms with E-state index in [1.165, 1.54) is 18.4 Å². The molecule has 19 heavy (non-hydrogen) atoms. The van der Waals surface area contributed by atoms with E-state index < -0.39 is 0 Å². The van der Waals surface area contributed by atoms with E-state index in [0.29, 0.717) is 6.04 Å². The molecular weight excluding hydrogens is 236 g/mol. The molecule has 4 heteroatoms. The van der Waals surface area contributed by atoms with Crippen LogP contribution in [0.25, 0.3) is 0 Å². The molecular formula is C15H28N4. The van der Waals surface area contributed by atoms with Crippen molar-refractivity contribution in [3.63, 3.8) is 0 Å². The highest BCUT2D eigenvalue weighted by Crippen LogP contribution is 2.22. The van der Waals surface area contributed by atoms with E-state index in [0.717, 1.165) is 30.5 Å². The van der Waals surface area contributed by atoms with Gasteiger partial charge in [0.1, 0.15) is 18.0 Å². The molecule has 2 unspecified atom stereocenters. The summed E-state index contributed by atoms with van der Waals surface area (Å²) in [6.45, 7) is 11.9. The average Bonchev–Trinajstić information content (AvgIpc) is 2.39. The maximum absolute atomic E-state index is 4.40. The highest BCUT2D eigenvalue weighted by atomic mass is 15.1. The Bertz CT molecular complexity index is 378. The molecule has 1 aromatic rings. The van der Waals surface area contributed by atoms with Crippen LogP contribution in [0.3, 0.4) is 0 Å². The van der Waals surface area contributed by atoms with Gasteiger partial charge in [-0.15, -0.1) is 0 Å². The van der Waals surface area contributed by atoms with E-state index in [9.17, 15) is 0 Å².